The summed E-state index contributed by atoms with van der Waals surface area (Å²) in [6.45, 7) is 2.04. The number of carboxylic acid groups (broad SMARTS) is 1. The molecular weight excluding hydrogens is 374 g/mol. The SMILES string of the molecule is CCC(=NOC)[C@H]1[C@H](c2cc[c]c(OC(=O)CCC(=O)O)c2)CC2CC(O)[C@@H]1C2. The Balaban J connectivity index is 1.84. The molecule has 7 heteroatoms. The summed E-state index contributed by atoms with van der Waals surface area (Å²) in [5.41, 5.74) is 1.95. The van der Waals surface area contributed by atoms with Gasteiger partial charge in [-0.05, 0) is 55.1 Å². The van der Waals surface area contributed by atoms with Gasteiger partial charge in [0.25, 0.3) is 0 Å². The Kier molecular flexibility index (Phi) is 6.90. The molecule has 0 amide bonds. The van der Waals surface area contributed by atoms with Gasteiger partial charge in [-0.3, -0.25) is 9.59 Å². The molecule has 2 unspecified atom stereocenters. The topological polar surface area (TPSA) is 105 Å². The van der Waals surface area contributed by atoms with E-state index in [0.717, 1.165) is 37.0 Å². The first-order chi connectivity index (χ1) is 13.9. The molecule has 2 saturated carbocycles. The van der Waals surface area contributed by atoms with Gasteiger partial charge in [0.2, 0.25) is 0 Å². The molecule has 2 bridgehead atoms. The van der Waals surface area contributed by atoms with E-state index in [-0.39, 0.29) is 42.4 Å². The number of aliphatic hydroxyl groups is 1. The van der Waals surface area contributed by atoms with Crippen LogP contribution in [-0.2, 0) is 14.4 Å². The summed E-state index contributed by atoms with van der Waals surface area (Å²) < 4.78 is 5.29. The number of aliphatic hydroxyl groups excluding tert-OH is 1. The number of aliphatic carboxylic acids is 1. The van der Waals surface area contributed by atoms with Crippen LogP contribution in [0.15, 0.2) is 23.4 Å². The monoisotopic (exact) mass is 402 g/mol. The van der Waals surface area contributed by atoms with Crippen molar-refractivity contribution in [3.8, 4) is 5.75 Å². The molecule has 29 heavy (non-hydrogen) atoms. The third kappa shape index (κ3) is 4.96. The molecule has 2 N–H and O–H groups in total. The van der Waals surface area contributed by atoms with E-state index in [9.17, 15) is 14.7 Å². The number of oxime groups is 1. The van der Waals surface area contributed by atoms with E-state index in [2.05, 4.69) is 11.2 Å². The summed E-state index contributed by atoms with van der Waals surface area (Å²) in [5, 5.41) is 23.6. The van der Waals surface area contributed by atoms with E-state index in [1.807, 2.05) is 13.0 Å². The van der Waals surface area contributed by atoms with Crippen LogP contribution in [-0.4, -0.2) is 41.1 Å². The second kappa shape index (κ2) is 9.39. The second-order valence-electron chi connectivity index (χ2n) is 7.91. The quantitative estimate of drug-likeness (QED) is 0.299. The molecule has 0 heterocycles. The van der Waals surface area contributed by atoms with Crippen molar-refractivity contribution in [3.63, 3.8) is 0 Å². The number of carboxylic acids is 1. The Morgan fingerprint density at radius 3 is 2.76 bits per heavy atom. The molecule has 1 aromatic carbocycles. The van der Waals surface area contributed by atoms with Crippen molar-refractivity contribution in [1.29, 1.82) is 0 Å². The lowest BCUT2D eigenvalue weighted by Gasteiger charge is -2.38. The Morgan fingerprint density at radius 2 is 2.07 bits per heavy atom. The minimum absolute atomic E-state index is 0.0617. The van der Waals surface area contributed by atoms with Gasteiger partial charge in [-0.1, -0.05) is 24.2 Å². The van der Waals surface area contributed by atoms with Gasteiger partial charge < -0.3 is 19.8 Å². The number of benzene rings is 1. The number of fused-ring (bicyclic) bond motifs is 2. The van der Waals surface area contributed by atoms with Gasteiger partial charge in [0, 0.05) is 12.0 Å². The number of esters is 1. The molecule has 5 atom stereocenters. The fourth-order valence-electron chi connectivity index (χ4n) is 4.97. The summed E-state index contributed by atoms with van der Waals surface area (Å²) in [7, 11) is 1.54. The smallest absolute Gasteiger partial charge is 0.311 e. The number of carbonyl (C=O) groups excluding carboxylic acids is 1. The molecule has 3 rings (SSSR count). The molecule has 0 saturated heterocycles. The molecule has 0 aliphatic heterocycles. The highest BCUT2D eigenvalue weighted by molar-refractivity contribution is 5.87. The van der Waals surface area contributed by atoms with Gasteiger partial charge in [0.05, 0.1) is 24.7 Å². The minimum atomic E-state index is -1.04. The standard InChI is InChI=1S/C22H28NO6/c1-3-18(23-28-2)22-16(9-13-10-17(22)19(24)11-13)14-5-4-6-15(12-14)29-21(27)8-7-20(25)26/h4-5,12-13,16-17,19,22,24H,3,7-11H2,1-2H3,(H,25,26)/t13?,16-,17-,19?,22-/m0/s1. The predicted molar refractivity (Wildman–Crippen MR) is 106 cm³/mol. The Labute approximate surface area is 170 Å². The average molecular weight is 402 g/mol. The number of hydrogen-bond acceptors (Lipinski definition) is 6. The highest BCUT2D eigenvalue weighted by Crippen LogP contribution is 2.53. The molecule has 1 radical (unpaired) electrons. The summed E-state index contributed by atoms with van der Waals surface area (Å²) in [6.07, 6.45) is 2.66. The van der Waals surface area contributed by atoms with Gasteiger partial charge in [0.1, 0.15) is 12.9 Å². The summed E-state index contributed by atoms with van der Waals surface area (Å²) >= 11 is 0. The fraction of sp³-hybridized carbons (Fsp3) is 0.591. The molecule has 7 nitrogen and oxygen atoms in total. The van der Waals surface area contributed by atoms with Crippen molar-refractivity contribution in [3.05, 3.63) is 29.8 Å². The maximum atomic E-state index is 11.9. The predicted octanol–water partition coefficient (Wildman–Crippen LogP) is 3.16. The fourth-order valence-corrected chi connectivity index (χ4v) is 4.97. The highest BCUT2D eigenvalue weighted by Gasteiger charge is 2.48. The highest BCUT2D eigenvalue weighted by atomic mass is 16.6. The van der Waals surface area contributed by atoms with E-state index in [0.29, 0.717) is 5.92 Å². The normalized spacial score (nSPS) is 28.8. The largest absolute Gasteiger partial charge is 0.481 e. The lowest BCUT2D eigenvalue weighted by molar-refractivity contribution is -0.142. The molecule has 0 aromatic heterocycles. The van der Waals surface area contributed by atoms with Crippen LogP contribution in [0.3, 0.4) is 0 Å². The molecule has 2 aliphatic rings. The van der Waals surface area contributed by atoms with Crippen LogP contribution in [0, 0.1) is 23.8 Å². The van der Waals surface area contributed by atoms with E-state index in [1.165, 1.54) is 7.11 Å². The molecule has 2 fully saturated rings. The zero-order valence-electron chi connectivity index (χ0n) is 16.8. The maximum absolute atomic E-state index is 11.9. The van der Waals surface area contributed by atoms with Gasteiger partial charge in [-0.15, -0.1) is 0 Å². The lowest BCUT2D eigenvalue weighted by Crippen LogP contribution is -2.36. The van der Waals surface area contributed by atoms with Crippen molar-refractivity contribution < 1.29 is 29.4 Å². The van der Waals surface area contributed by atoms with Crippen molar-refractivity contribution in [2.45, 2.75) is 57.5 Å². The third-order valence-corrected chi connectivity index (χ3v) is 6.11. The number of hydrogen-bond donors (Lipinski definition) is 2. The van der Waals surface area contributed by atoms with Crippen LogP contribution in [0.4, 0.5) is 0 Å². The molecule has 157 valence electrons. The Hall–Kier alpha value is -2.41. The molecule has 0 spiro atoms. The van der Waals surface area contributed by atoms with Gasteiger partial charge in [-0.25, -0.2) is 0 Å². The molecule has 1 aromatic rings. The number of carbonyl (C=O) groups is 2. The molecular formula is C22H28NO6. The first kappa shape index (κ1) is 21.3. The average Bonchev–Trinajstić information content (AvgIpc) is 2.99. The van der Waals surface area contributed by atoms with E-state index in [4.69, 9.17) is 14.7 Å². The summed E-state index contributed by atoms with van der Waals surface area (Å²) in [6, 6.07) is 8.38. The van der Waals surface area contributed by atoms with Crippen LogP contribution in [0.2, 0.25) is 0 Å². The first-order valence-electron chi connectivity index (χ1n) is 10.1. The Bertz CT molecular complexity index is 776. The zero-order chi connectivity index (χ0) is 21.0. The van der Waals surface area contributed by atoms with Crippen molar-refractivity contribution in [2.24, 2.45) is 22.9 Å². The number of rotatable bonds is 8. The van der Waals surface area contributed by atoms with E-state index in [1.54, 1.807) is 12.1 Å². The third-order valence-electron chi connectivity index (χ3n) is 6.11. The van der Waals surface area contributed by atoms with E-state index >= 15 is 0 Å². The van der Waals surface area contributed by atoms with Crippen LogP contribution < -0.4 is 4.74 Å². The van der Waals surface area contributed by atoms with Gasteiger partial charge in [-0.2, -0.15) is 0 Å². The lowest BCUT2D eigenvalue weighted by atomic mass is 9.67. The summed E-state index contributed by atoms with van der Waals surface area (Å²) in [4.78, 5) is 27.6. The minimum Gasteiger partial charge on any atom is -0.481 e. The summed E-state index contributed by atoms with van der Waals surface area (Å²) in [5.74, 6) is -0.546. The van der Waals surface area contributed by atoms with Gasteiger partial charge >= 0.3 is 11.9 Å². The second-order valence-corrected chi connectivity index (χ2v) is 7.91. The number of ether oxygens (including phenoxy) is 1. The van der Waals surface area contributed by atoms with Crippen molar-refractivity contribution >= 4 is 17.7 Å². The van der Waals surface area contributed by atoms with Crippen LogP contribution >= 0.6 is 0 Å². The Morgan fingerprint density at radius 1 is 1.28 bits per heavy atom. The van der Waals surface area contributed by atoms with Crippen LogP contribution in [0.1, 0.15) is 56.9 Å². The first-order valence-corrected chi connectivity index (χ1v) is 10.1. The van der Waals surface area contributed by atoms with Crippen molar-refractivity contribution in [1.82, 2.24) is 0 Å². The van der Waals surface area contributed by atoms with E-state index < -0.39 is 11.9 Å². The van der Waals surface area contributed by atoms with Crippen LogP contribution in [0.25, 0.3) is 0 Å². The maximum Gasteiger partial charge on any atom is 0.311 e. The number of nitrogens with zero attached hydrogens (tertiary/aromatic N) is 1. The zero-order valence-corrected chi connectivity index (χ0v) is 16.8. The van der Waals surface area contributed by atoms with Crippen molar-refractivity contribution in [2.75, 3.05) is 7.11 Å². The molecule has 2 aliphatic carbocycles. The van der Waals surface area contributed by atoms with Gasteiger partial charge in [0.15, 0.2) is 0 Å². The van der Waals surface area contributed by atoms with Crippen LogP contribution in [0.5, 0.6) is 5.75 Å².